The number of aliphatic hydroxyl groups is 1. The molecule has 1 aliphatic heterocycles. The van der Waals surface area contributed by atoms with Gasteiger partial charge in [-0.05, 0) is 41.8 Å². The van der Waals surface area contributed by atoms with Gasteiger partial charge >= 0.3 is 0 Å². The maximum atomic E-state index is 12.3. The van der Waals surface area contributed by atoms with E-state index >= 15 is 0 Å². The van der Waals surface area contributed by atoms with Gasteiger partial charge in [-0.2, -0.15) is 0 Å². The smallest absolute Gasteiger partial charge is 0.242 e. The molecule has 0 aliphatic carbocycles. The van der Waals surface area contributed by atoms with Gasteiger partial charge in [-0.15, -0.1) is 11.3 Å². The molecule has 19 heavy (non-hydrogen) atoms. The Labute approximate surface area is 125 Å². The number of thiophene rings is 1. The molecular formula is C11H16BrNO4S2. The molecule has 0 amide bonds. The van der Waals surface area contributed by atoms with Crippen LogP contribution in [0.15, 0.2) is 14.7 Å². The second-order valence-electron chi connectivity index (χ2n) is 4.53. The Kier molecular flexibility index (Phi) is 5.02. The maximum absolute atomic E-state index is 12.3. The van der Waals surface area contributed by atoms with E-state index in [1.54, 1.807) is 0 Å². The number of hydrogen-bond acceptors (Lipinski definition) is 5. The summed E-state index contributed by atoms with van der Waals surface area (Å²) in [6.07, 6.45) is 1.42. The Hall–Kier alpha value is 0.01000. The number of rotatable bonds is 4. The fourth-order valence-corrected chi connectivity index (χ4v) is 5.87. The van der Waals surface area contributed by atoms with E-state index in [1.807, 2.05) is 6.92 Å². The minimum Gasteiger partial charge on any atom is -0.391 e. The molecule has 0 spiro atoms. The first-order chi connectivity index (χ1) is 8.92. The Bertz CT molecular complexity index is 543. The first kappa shape index (κ1) is 15.4. The van der Waals surface area contributed by atoms with Crippen molar-refractivity contribution in [2.75, 3.05) is 6.61 Å². The van der Waals surface area contributed by atoms with E-state index in [2.05, 4.69) is 20.7 Å². The number of ether oxygens (including phenoxy) is 1. The summed E-state index contributed by atoms with van der Waals surface area (Å²) in [7, 11) is -3.56. The molecule has 1 aromatic rings. The van der Waals surface area contributed by atoms with Crippen molar-refractivity contribution in [1.82, 2.24) is 4.72 Å². The van der Waals surface area contributed by atoms with Crippen LogP contribution in [-0.2, 0) is 21.4 Å². The molecule has 2 N–H and O–H groups in total. The van der Waals surface area contributed by atoms with Crippen LogP contribution in [0.2, 0.25) is 0 Å². The topological polar surface area (TPSA) is 75.6 Å². The summed E-state index contributed by atoms with van der Waals surface area (Å²) in [5.41, 5.74) is 0. The Morgan fingerprint density at radius 3 is 2.95 bits per heavy atom. The fraction of sp³-hybridized carbons (Fsp3) is 0.636. The van der Waals surface area contributed by atoms with Crippen LogP contribution in [0.5, 0.6) is 0 Å². The molecule has 2 heterocycles. The number of halogens is 1. The molecule has 1 aliphatic rings. The molecule has 2 atom stereocenters. The second-order valence-corrected chi connectivity index (χ2v) is 8.67. The lowest BCUT2D eigenvalue weighted by atomic mass is 10.1. The highest BCUT2D eigenvalue weighted by atomic mass is 79.9. The second kappa shape index (κ2) is 6.19. The highest BCUT2D eigenvalue weighted by Gasteiger charge is 2.27. The van der Waals surface area contributed by atoms with Gasteiger partial charge in [0.2, 0.25) is 10.0 Å². The van der Waals surface area contributed by atoms with Gasteiger partial charge in [-0.25, -0.2) is 13.1 Å². The number of aliphatic hydroxyl groups excluding tert-OH is 1. The lowest BCUT2D eigenvalue weighted by Gasteiger charge is -2.27. The van der Waals surface area contributed by atoms with Crippen LogP contribution in [0.4, 0.5) is 0 Å². The van der Waals surface area contributed by atoms with Crippen LogP contribution < -0.4 is 4.72 Å². The van der Waals surface area contributed by atoms with Crippen molar-refractivity contribution in [2.24, 2.45) is 0 Å². The quantitative estimate of drug-likeness (QED) is 0.848. The van der Waals surface area contributed by atoms with Crippen LogP contribution in [0, 0.1) is 0 Å². The zero-order valence-corrected chi connectivity index (χ0v) is 13.6. The lowest BCUT2D eigenvalue weighted by Crippen LogP contribution is -2.41. The largest absolute Gasteiger partial charge is 0.391 e. The van der Waals surface area contributed by atoms with E-state index in [1.165, 1.54) is 17.4 Å². The zero-order valence-electron chi connectivity index (χ0n) is 10.4. The van der Waals surface area contributed by atoms with E-state index in [0.717, 1.165) is 0 Å². The fourth-order valence-electron chi connectivity index (χ4n) is 2.05. The van der Waals surface area contributed by atoms with Crippen LogP contribution in [0.3, 0.4) is 0 Å². The first-order valence-corrected chi connectivity index (χ1v) is 9.04. The van der Waals surface area contributed by atoms with Gasteiger partial charge in [0, 0.05) is 17.5 Å². The van der Waals surface area contributed by atoms with Crippen molar-refractivity contribution in [3.05, 3.63) is 14.7 Å². The average Bonchev–Trinajstić information content (AvgIpc) is 2.71. The Balaban J connectivity index is 2.15. The molecule has 1 saturated heterocycles. The summed E-state index contributed by atoms with van der Waals surface area (Å²) in [6, 6.07) is 1.40. The van der Waals surface area contributed by atoms with Crippen molar-refractivity contribution < 1.29 is 18.3 Å². The Morgan fingerprint density at radius 1 is 1.63 bits per heavy atom. The molecule has 5 nitrogen and oxygen atoms in total. The molecule has 2 rings (SSSR count). The standard InChI is InChI=1S/C11H16BrNO4S2/c1-7-4-8(2-3-17-7)13-19(15,16)10-5-9(6-14)18-11(10)12/h5,7-8,13-14H,2-4,6H2,1H3. The third-order valence-corrected chi connectivity index (χ3v) is 6.72. The van der Waals surface area contributed by atoms with E-state index < -0.39 is 10.0 Å². The first-order valence-electron chi connectivity index (χ1n) is 5.95. The molecule has 108 valence electrons. The van der Waals surface area contributed by atoms with E-state index in [0.29, 0.717) is 28.1 Å². The summed E-state index contributed by atoms with van der Waals surface area (Å²) < 4.78 is 33.2. The minimum absolute atomic E-state index is 0.0698. The maximum Gasteiger partial charge on any atom is 0.242 e. The number of hydrogen-bond donors (Lipinski definition) is 2. The van der Waals surface area contributed by atoms with Crippen molar-refractivity contribution in [1.29, 1.82) is 0 Å². The summed E-state index contributed by atoms with van der Waals surface area (Å²) in [4.78, 5) is 0.813. The molecule has 8 heteroatoms. The Morgan fingerprint density at radius 2 is 2.37 bits per heavy atom. The van der Waals surface area contributed by atoms with Gasteiger partial charge in [0.25, 0.3) is 0 Å². The normalized spacial score (nSPS) is 24.6. The summed E-state index contributed by atoms with van der Waals surface area (Å²) in [5.74, 6) is 0. The lowest BCUT2D eigenvalue weighted by molar-refractivity contribution is 0.0173. The molecule has 0 radical (unpaired) electrons. The van der Waals surface area contributed by atoms with Crippen molar-refractivity contribution in [3.63, 3.8) is 0 Å². The summed E-state index contributed by atoms with van der Waals surface area (Å²) >= 11 is 4.46. The average molecular weight is 370 g/mol. The van der Waals surface area contributed by atoms with Crippen LogP contribution in [0.25, 0.3) is 0 Å². The van der Waals surface area contributed by atoms with Gasteiger partial charge in [0.05, 0.1) is 16.5 Å². The SMILES string of the molecule is CC1CC(NS(=O)(=O)c2cc(CO)sc2Br)CCO1. The van der Waals surface area contributed by atoms with Crippen molar-refractivity contribution in [2.45, 2.75) is 43.4 Å². The summed E-state index contributed by atoms with van der Waals surface area (Å²) in [5, 5.41) is 9.06. The molecule has 0 bridgehead atoms. The highest BCUT2D eigenvalue weighted by molar-refractivity contribution is 9.11. The summed E-state index contributed by atoms with van der Waals surface area (Å²) in [6.45, 7) is 2.35. The van der Waals surface area contributed by atoms with Crippen LogP contribution in [0.1, 0.15) is 24.6 Å². The molecule has 1 fully saturated rings. The predicted molar refractivity (Wildman–Crippen MR) is 76.7 cm³/mol. The minimum atomic E-state index is -3.56. The molecule has 2 unspecified atom stereocenters. The van der Waals surface area contributed by atoms with Crippen LogP contribution >= 0.6 is 27.3 Å². The van der Waals surface area contributed by atoms with Crippen molar-refractivity contribution in [3.8, 4) is 0 Å². The molecular weight excluding hydrogens is 354 g/mol. The third kappa shape index (κ3) is 3.77. The number of nitrogens with one attached hydrogen (secondary N) is 1. The monoisotopic (exact) mass is 369 g/mol. The third-order valence-electron chi connectivity index (χ3n) is 2.96. The predicted octanol–water partition coefficient (Wildman–Crippen LogP) is 1.85. The molecule has 0 saturated carbocycles. The van der Waals surface area contributed by atoms with E-state index in [4.69, 9.17) is 9.84 Å². The molecule has 0 aromatic carbocycles. The van der Waals surface area contributed by atoms with Gasteiger partial charge in [-0.1, -0.05) is 0 Å². The zero-order chi connectivity index (χ0) is 14.0. The van der Waals surface area contributed by atoms with Gasteiger partial charge in [0.15, 0.2) is 0 Å². The van der Waals surface area contributed by atoms with E-state index in [9.17, 15) is 8.42 Å². The van der Waals surface area contributed by atoms with Gasteiger partial charge < -0.3 is 9.84 Å². The van der Waals surface area contributed by atoms with Crippen LogP contribution in [-0.4, -0.2) is 32.3 Å². The number of sulfonamides is 1. The van der Waals surface area contributed by atoms with E-state index in [-0.39, 0.29) is 23.6 Å². The van der Waals surface area contributed by atoms with Gasteiger partial charge in [-0.3, -0.25) is 0 Å². The highest BCUT2D eigenvalue weighted by Crippen LogP contribution is 2.32. The van der Waals surface area contributed by atoms with Gasteiger partial charge in [0.1, 0.15) is 4.90 Å². The molecule has 1 aromatic heterocycles. The van der Waals surface area contributed by atoms with Crippen molar-refractivity contribution >= 4 is 37.3 Å².